The van der Waals surface area contributed by atoms with Gasteiger partial charge in [-0.2, -0.15) is 0 Å². The second kappa shape index (κ2) is 22.9. The zero-order chi connectivity index (χ0) is 48.5. The predicted octanol–water partition coefficient (Wildman–Crippen LogP) is 19.3. The largest absolute Gasteiger partial charge is 0.0776 e. The van der Waals surface area contributed by atoms with Crippen molar-refractivity contribution in [2.45, 2.75) is 137 Å². The predicted molar refractivity (Wildman–Crippen MR) is 304 cm³/mol. The molecule has 0 heteroatoms. The summed E-state index contributed by atoms with van der Waals surface area (Å²) in [5.74, 6) is 0. The SMILES string of the molecule is C.C.CC(C)(C)c1ccc(C(C)(C)c2ccccc2)cc1.CC(C)(c1ccccc1)c1ccc(C(C)(C)c2ccccc2)cc1.CC(C)(c1ccccc1)c1cccc(C(C)(C)c2ccccc2)c1. The van der Waals surface area contributed by atoms with E-state index in [1.54, 1.807) is 0 Å². The first-order valence-electron chi connectivity index (χ1n) is 24.3. The first-order chi connectivity index (χ1) is 31.7. The quantitative estimate of drug-likeness (QED) is 0.128. The maximum atomic E-state index is 2.38. The maximum absolute atomic E-state index is 2.38. The lowest BCUT2D eigenvalue weighted by Crippen LogP contribution is -2.22. The fraction of sp³-hybridized carbons (Fsp3) is 0.304. The molecule has 0 N–H and O–H groups in total. The highest BCUT2D eigenvalue weighted by atomic mass is 14.3. The Balaban J connectivity index is 0.000000224. The van der Waals surface area contributed by atoms with Crippen LogP contribution in [0.1, 0.15) is 166 Å². The number of hydrogen-bond acceptors (Lipinski definition) is 0. The minimum absolute atomic E-state index is 0. The highest BCUT2D eigenvalue weighted by Crippen LogP contribution is 2.38. The summed E-state index contributed by atoms with van der Waals surface area (Å²) < 4.78 is 0. The van der Waals surface area contributed by atoms with Gasteiger partial charge in [0.2, 0.25) is 0 Å². The van der Waals surface area contributed by atoms with Crippen molar-refractivity contribution in [3.8, 4) is 0 Å². The van der Waals surface area contributed by atoms with E-state index in [0.29, 0.717) is 0 Å². The van der Waals surface area contributed by atoms with Crippen LogP contribution in [0.2, 0.25) is 0 Å². The van der Waals surface area contributed by atoms with Crippen molar-refractivity contribution >= 4 is 0 Å². The van der Waals surface area contributed by atoms with Crippen LogP contribution in [-0.4, -0.2) is 0 Å². The molecule has 0 spiro atoms. The Bertz CT molecular complexity index is 2570. The van der Waals surface area contributed by atoms with Gasteiger partial charge >= 0.3 is 0 Å². The van der Waals surface area contributed by atoms with E-state index < -0.39 is 0 Å². The van der Waals surface area contributed by atoms with E-state index in [2.05, 4.69) is 314 Å². The molecule has 0 unspecified atom stereocenters. The Morgan fingerprint density at radius 3 is 0.536 bits per heavy atom. The van der Waals surface area contributed by atoms with Crippen LogP contribution in [0.15, 0.2) is 224 Å². The average Bonchev–Trinajstić information content (AvgIpc) is 3.35. The molecule has 0 heterocycles. The van der Waals surface area contributed by atoms with Crippen LogP contribution in [0.5, 0.6) is 0 Å². The van der Waals surface area contributed by atoms with Crippen LogP contribution in [-0.2, 0) is 32.5 Å². The van der Waals surface area contributed by atoms with Crippen LogP contribution in [0.4, 0.5) is 0 Å². The Labute approximate surface area is 421 Å². The van der Waals surface area contributed by atoms with Crippen molar-refractivity contribution in [3.63, 3.8) is 0 Å². The molecule has 0 amide bonds. The first kappa shape index (κ1) is 55.4. The molecule has 0 aliphatic carbocycles. The van der Waals surface area contributed by atoms with Crippen molar-refractivity contribution in [3.05, 3.63) is 286 Å². The third-order valence-corrected chi connectivity index (χ3v) is 14.6. The first-order valence-corrected chi connectivity index (χ1v) is 24.3. The Hall–Kier alpha value is -6.24. The molecule has 0 bridgehead atoms. The molecule has 8 aromatic carbocycles. The molecule has 0 nitrogen and oxygen atoms in total. The topological polar surface area (TPSA) is 0 Å². The average molecular weight is 913 g/mol. The zero-order valence-corrected chi connectivity index (χ0v) is 42.9. The van der Waals surface area contributed by atoms with Crippen molar-refractivity contribution in [1.29, 1.82) is 0 Å². The van der Waals surface area contributed by atoms with Crippen LogP contribution >= 0.6 is 0 Å². The smallest absolute Gasteiger partial charge is 0.0146 e. The molecule has 360 valence electrons. The Kier molecular flexibility index (Phi) is 18.4. The maximum Gasteiger partial charge on any atom is 0.0146 e. The van der Waals surface area contributed by atoms with Gasteiger partial charge in [0.05, 0.1) is 0 Å². The van der Waals surface area contributed by atoms with Gasteiger partial charge in [-0.05, 0) is 66.6 Å². The molecule has 8 aromatic rings. The molecule has 0 saturated heterocycles. The van der Waals surface area contributed by atoms with Gasteiger partial charge in [0.15, 0.2) is 0 Å². The minimum Gasteiger partial charge on any atom is -0.0776 e. The molecule has 0 radical (unpaired) electrons. The summed E-state index contributed by atoms with van der Waals surface area (Å²) in [6.07, 6.45) is 0. The molecule has 0 atom stereocenters. The van der Waals surface area contributed by atoms with E-state index in [1.807, 2.05) is 0 Å². The molecule has 0 fully saturated rings. The number of rotatable bonds is 10. The van der Waals surface area contributed by atoms with Crippen molar-refractivity contribution in [2.75, 3.05) is 0 Å². The lowest BCUT2D eigenvalue weighted by molar-refractivity contribution is 0.587. The van der Waals surface area contributed by atoms with Crippen LogP contribution in [0, 0.1) is 0 Å². The molecular weight excluding hydrogens is 829 g/mol. The fourth-order valence-electron chi connectivity index (χ4n) is 9.09. The standard InChI is InChI=1S/2C24H26.C19H24.2CH4/c1-23(2,19-12-7-5-8-13-19)21-16-11-17-22(18-21)24(3,4)20-14-9-6-10-15-20;1-23(2,19-11-7-5-8-12-19)21-15-17-22(18-16-21)24(3,4)20-13-9-6-10-14-20;1-18(2,3)15-11-13-17(14-12-15)19(4,5)16-9-7-6-8-10-16;;/h2*5-18H,1-4H3;6-14H,1-5H3;2*1H4. The lowest BCUT2D eigenvalue weighted by atomic mass is 9.73. The normalized spacial score (nSPS) is 11.9. The second-order valence-corrected chi connectivity index (χ2v) is 21.9. The molecule has 0 aliphatic rings. The van der Waals surface area contributed by atoms with Crippen LogP contribution < -0.4 is 0 Å². The monoisotopic (exact) mass is 913 g/mol. The summed E-state index contributed by atoms with van der Waals surface area (Å²) in [6.45, 7) is 29.7. The molecule has 0 aliphatic heterocycles. The summed E-state index contributed by atoms with van der Waals surface area (Å²) in [7, 11) is 0. The second-order valence-electron chi connectivity index (χ2n) is 21.9. The minimum atomic E-state index is -0.00988. The van der Waals surface area contributed by atoms with Crippen LogP contribution in [0.25, 0.3) is 0 Å². The zero-order valence-electron chi connectivity index (χ0n) is 42.9. The molecule has 8 rings (SSSR count). The highest BCUT2D eigenvalue weighted by Gasteiger charge is 2.29. The van der Waals surface area contributed by atoms with Crippen LogP contribution in [0.3, 0.4) is 0 Å². The van der Waals surface area contributed by atoms with Gasteiger partial charge in [0.25, 0.3) is 0 Å². The molecule has 0 aromatic heterocycles. The summed E-state index contributed by atoms with van der Waals surface area (Å²) in [5, 5.41) is 0. The number of hydrogen-bond donors (Lipinski definition) is 0. The summed E-state index contributed by atoms with van der Waals surface area (Å²) >= 11 is 0. The van der Waals surface area contributed by atoms with Gasteiger partial charge < -0.3 is 0 Å². The van der Waals surface area contributed by atoms with E-state index in [-0.39, 0.29) is 47.3 Å². The fourth-order valence-corrected chi connectivity index (χ4v) is 9.09. The Morgan fingerprint density at radius 2 is 0.333 bits per heavy atom. The molecule has 0 saturated carbocycles. The van der Waals surface area contributed by atoms with E-state index >= 15 is 0 Å². The summed E-state index contributed by atoms with van der Waals surface area (Å²) in [6, 6.07) is 80.9. The van der Waals surface area contributed by atoms with Gasteiger partial charge in [0.1, 0.15) is 0 Å². The van der Waals surface area contributed by atoms with Crippen molar-refractivity contribution in [2.24, 2.45) is 0 Å². The Morgan fingerprint density at radius 1 is 0.174 bits per heavy atom. The molecular formula is C69H84. The van der Waals surface area contributed by atoms with Crippen molar-refractivity contribution < 1.29 is 0 Å². The van der Waals surface area contributed by atoms with Gasteiger partial charge in [-0.25, -0.2) is 0 Å². The molecule has 69 heavy (non-hydrogen) atoms. The van der Waals surface area contributed by atoms with Gasteiger partial charge in [-0.15, -0.1) is 0 Å². The van der Waals surface area contributed by atoms with E-state index in [9.17, 15) is 0 Å². The van der Waals surface area contributed by atoms with E-state index in [0.717, 1.165) is 0 Å². The van der Waals surface area contributed by atoms with E-state index in [1.165, 1.54) is 61.2 Å². The van der Waals surface area contributed by atoms with E-state index in [4.69, 9.17) is 0 Å². The summed E-state index contributed by atoms with van der Waals surface area (Å²) in [5.41, 5.74) is 15.2. The highest BCUT2D eigenvalue weighted by molar-refractivity contribution is 5.46. The lowest BCUT2D eigenvalue weighted by Gasteiger charge is -2.30. The van der Waals surface area contributed by atoms with Gasteiger partial charge in [-0.3, -0.25) is 0 Å². The van der Waals surface area contributed by atoms with Crippen molar-refractivity contribution in [1.82, 2.24) is 0 Å². The third-order valence-electron chi connectivity index (χ3n) is 14.6. The third kappa shape index (κ3) is 13.1. The van der Waals surface area contributed by atoms with Gasteiger partial charge in [0, 0.05) is 27.1 Å². The summed E-state index contributed by atoms with van der Waals surface area (Å²) in [4.78, 5) is 0. The number of benzene rings is 8. The van der Waals surface area contributed by atoms with Gasteiger partial charge in [-0.1, -0.05) is 329 Å².